The molecule has 2 N–H and O–H groups in total. The number of nitrogens with zero attached hydrogens (tertiary/aromatic N) is 1. The third-order valence-corrected chi connectivity index (χ3v) is 2.26. The molecule has 88 valence electrons. The zero-order valence-electron chi connectivity index (χ0n) is 9.01. The Labute approximate surface area is 97.9 Å². The number of carboxylic acids is 2. The van der Waals surface area contributed by atoms with Crippen LogP contribution in [0, 0.1) is 11.3 Å². The van der Waals surface area contributed by atoms with Crippen LogP contribution in [0.1, 0.15) is 23.1 Å². The van der Waals surface area contributed by atoms with Crippen molar-refractivity contribution in [2.45, 2.75) is 19.3 Å². The van der Waals surface area contributed by atoms with E-state index in [1.807, 2.05) is 6.07 Å². The fourth-order valence-corrected chi connectivity index (χ4v) is 1.47. The van der Waals surface area contributed by atoms with Crippen molar-refractivity contribution in [3.63, 3.8) is 0 Å². The van der Waals surface area contributed by atoms with Crippen molar-refractivity contribution >= 4 is 11.9 Å². The Balaban J connectivity index is 2.90. The van der Waals surface area contributed by atoms with E-state index in [1.165, 1.54) is 6.07 Å². The van der Waals surface area contributed by atoms with Crippen LogP contribution in [-0.2, 0) is 22.4 Å². The van der Waals surface area contributed by atoms with Gasteiger partial charge in [-0.2, -0.15) is 5.26 Å². The topological polar surface area (TPSA) is 98.4 Å². The molecule has 0 atom stereocenters. The number of aryl methyl sites for hydroxylation is 1. The van der Waals surface area contributed by atoms with Crippen LogP contribution in [0.25, 0.3) is 0 Å². The first-order valence-electron chi connectivity index (χ1n) is 4.98. The van der Waals surface area contributed by atoms with E-state index in [1.54, 1.807) is 12.1 Å². The lowest BCUT2D eigenvalue weighted by atomic mass is 9.99. The van der Waals surface area contributed by atoms with Gasteiger partial charge in [-0.3, -0.25) is 9.59 Å². The Morgan fingerprint density at radius 1 is 1.24 bits per heavy atom. The van der Waals surface area contributed by atoms with Crippen molar-refractivity contribution in [1.29, 1.82) is 5.26 Å². The average Bonchev–Trinajstić information content (AvgIpc) is 2.26. The predicted octanol–water partition coefficient (Wildman–Crippen LogP) is 1.20. The summed E-state index contributed by atoms with van der Waals surface area (Å²) >= 11 is 0. The summed E-state index contributed by atoms with van der Waals surface area (Å²) in [4.78, 5) is 20.9. The fourth-order valence-electron chi connectivity index (χ4n) is 1.47. The standard InChI is InChI=1S/C12H11NO4/c13-7-10-5-8(6-12(16)17)1-2-9(10)3-4-11(14)15/h1-2,5H,3-4,6H2,(H,14,15)(H,16,17). The van der Waals surface area contributed by atoms with Gasteiger partial charge in [0, 0.05) is 6.42 Å². The predicted molar refractivity (Wildman–Crippen MR) is 58.5 cm³/mol. The van der Waals surface area contributed by atoms with Crippen LogP contribution in [-0.4, -0.2) is 22.2 Å². The lowest BCUT2D eigenvalue weighted by Crippen LogP contribution is -2.03. The molecular weight excluding hydrogens is 222 g/mol. The summed E-state index contributed by atoms with van der Waals surface area (Å²) in [6, 6.07) is 6.65. The van der Waals surface area contributed by atoms with E-state index >= 15 is 0 Å². The molecule has 0 saturated heterocycles. The average molecular weight is 233 g/mol. The van der Waals surface area contributed by atoms with Crippen molar-refractivity contribution in [2.24, 2.45) is 0 Å². The number of nitriles is 1. The monoisotopic (exact) mass is 233 g/mol. The maximum atomic E-state index is 10.5. The van der Waals surface area contributed by atoms with Gasteiger partial charge in [0.15, 0.2) is 0 Å². The molecule has 0 radical (unpaired) electrons. The van der Waals surface area contributed by atoms with Crippen molar-refractivity contribution in [2.75, 3.05) is 0 Å². The molecule has 1 rings (SSSR count). The third-order valence-electron chi connectivity index (χ3n) is 2.26. The van der Waals surface area contributed by atoms with Crippen LogP contribution in [0.2, 0.25) is 0 Å². The molecular formula is C12H11NO4. The van der Waals surface area contributed by atoms with Gasteiger partial charge in [0.1, 0.15) is 0 Å². The van der Waals surface area contributed by atoms with Crippen LogP contribution in [0.5, 0.6) is 0 Å². The summed E-state index contributed by atoms with van der Waals surface area (Å²) in [5.41, 5.74) is 1.50. The molecule has 0 heterocycles. The summed E-state index contributed by atoms with van der Waals surface area (Å²) in [6.45, 7) is 0. The molecule has 1 aromatic carbocycles. The number of benzene rings is 1. The summed E-state index contributed by atoms with van der Waals surface area (Å²) < 4.78 is 0. The van der Waals surface area contributed by atoms with Gasteiger partial charge < -0.3 is 10.2 Å². The quantitative estimate of drug-likeness (QED) is 0.796. The SMILES string of the molecule is N#Cc1cc(CC(=O)O)ccc1CCC(=O)O. The molecule has 0 aliphatic heterocycles. The Kier molecular flexibility index (Phi) is 4.23. The first kappa shape index (κ1) is 12.7. The molecule has 0 aromatic heterocycles. The molecule has 5 heteroatoms. The molecule has 0 fully saturated rings. The number of rotatable bonds is 5. The molecule has 17 heavy (non-hydrogen) atoms. The third kappa shape index (κ3) is 3.95. The fraction of sp³-hybridized carbons (Fsp3) is 0.250. The number of carbonyl (C=O) groups is 2. The Morgan fingerprint density at radius 2 is 1.94 bits per heavy atom. The molecule has 0 bridgehead atoms. The van der Waals surface area contributed by atoms with Gasteiger partial charge in [0.2, 0.25) is 0 Å². The second-order valence-corrected chi connectivity index (χ2v) is 3.57. The van der Waals surface area contributed by atoms with Gasteiger partial charge in [0.05, 0.1) is 18.1 Å². The minimum atomic E-state index is -0.966. The van der Waals surface area contributed by atoms with E-state index in [0.29, 0.717) is 16.7 Å². The summed E-state index contributed by atoms with van der Waals surface area (Å²) in [5, 5.41) is 26.1. The highest BCUT2D eigenvalue weighted by atomic mass is 16.4. The van der Waals surface area contributed by atoms with Gasteiger partial charge in [-0.15, -0.1) is 0 Å². The van der Waals surface area contributed by atoms with E-state index in [0.717, 1.165) is 0 Å². The van der Waals surface area contributed by atoms with E-state index in [2.05, 4.69) is 0 Å². The summed E-state index contributed by atoms with van der Waals surface area (Å²) in [5.74, 6) is -1.89. The minimum Gasteiger partial charge on any atom is -0.481 e. The van der Waals surface area contributed by atoms with E-state index in [4.69, 9.17) is 15.5 Å². The van der Waals surface area contributed by atoms with Gasteiger partial charge in [-0.25, -0.2) is 0 Å². The second kappa shape index (κ2) is 5.66. The molecule has 0 amide bonds. The summed E-state index contributed by atoms with van der Waals surface area (Å²) in [6.07, 6.45) is 0.0758. The smallest absolute Gasteiger partial charge is 0.307 e. The van der Waals surface area contributed by atoms with Crippen LogP contribution >= 0.6 is 0 Å². The molecule has 0 spiro atoms. The van der Waals surface area contributed by atoms with Crippen molar-refractivity contribution in [3.8, 4) is 6.07 Å². The Hall–Kier alpha value is -2.35. The Morgan fingerprint density at radius 3 is 2.47 bits per heavy atom. The number of hydrogen-bond donors (Lipinski definition) is 2. The number of carboxylic acid groups (broad SMARTS) is 2. The molecule has 0 aliphatic rings. The van der Waals surface area contributed by atoms with Crippen LogP contribution in [0.15, 0.2) is 18.2 Å². The van der Waals surface area contributed by atoms with Crippen LogP contribution in [0.3, 0.4) is 0 Å². The van der Waals surface area contributed by atoms with Gasteiger partial charge >= 0.3 is 11.9 Å². The molecule has 0 unspecified atom stereocenters. The highest BCUT2D eigenvalue weighted by Crippen LogP contribution is 2.14. The largest absolute Gasteiger partial charge is 0.481 e. The maximum absolute atomic E-state index is 10.5. The van der Waals surface area contributed by atoms with Crippen LogP contribution < -0.4 is 0 Å². The van der Waals surface area contributed by atoms with E-state index < -0.39 is 11.9 Å². The number of hydrogen-bond acceptors (Lipinski definition) is 3. The molecule has 5 nitrogen and oxygen atoms in total. The molecule has 0 aliphatic carbocycles. The van der Waals surface area contributed by atoms with Crippen LogP contribution in [0.4, 0.5) is 0 Å². The zero-order valence-corrected chi connectivity index (χ0v) is 9.01. The number of aliphatic carboxylic acids is 2. The Bertz CT molecular complexity index is 488. The minimum absolute atomic E-state index is 0.0487. The highest BCUT2D eigenvalue weighted by Gasteiger charge is 2.07. The lowest BCUT2D eigenvalue weighted by Gasteiger charge is -2.04. The van der Waals surface area contributed by atoms with Gasteiger partial charge in [-0.1, -0.05) is 12.1 Å². The van der Waals surface area contributed by atoms with Crippen molar-refractivity contribution < 1.29 is 19.8 Å². The molecule has 0 saturated carbocycles. The highest BCUT2D eigenvalue weighted by molar-refractivity contribution is 5.70. The summed E-state index contributed by atoms with van der Waals surface area (Å²) in [7, 11) is 0. The van der Waals surface area contributed by atoms with E-state index in [9.17, 15) is 9.59 Å². The lowest BCUT2D eigenvalue weighted by molar-refractivity contribution is -0.137. The van der Waals surface area contributed by atoms with Crippen molar-refractivity contribution in [3.05, 3.63) is 34.9 Å². The normalized spacial score (nSPS) is 9.59. The van der Waals surface area contributed by atoms with Crippen molar-refractivity contribution in [1.82, 2.24) is 0 Å². The maximum Gasteiger partial charge on any atom is 0.307 e. The first-order valence-corrected chi connectivity index (χ1v) is 4.98. The van der Waals surface area contributed by atoms with E-state index in [-0.39, 0.29) is 19.3 Å². The zero-order chi connectivity index (χ0) is 12.8. The second-order valence-electron chi connectivity index (χ2n) is 3.57. The molecule has 1 aromatic rings. The van der Waals surface area contributed by atoms with Gasteiger partial charge in [-0.05, 0) is 23.6 Å². The first-order chi connectivity index (χ1) is 8.02. The van der Waals surface area contributed by atoms with Gasteiger partial charge in [0.25, 0.3) is 0 Å².